The Kier molecular flexibility index (Phi) is 9.56. The van der Waals surface area contributed by atoms with Gasteiger partial charge in [-0.15, -0.1) is 38.0 Å². The zero-order chi connectivity index (χ0) is 18.7. The van der Waals surface area contributed by atoms with Gasteiger partial charge in [0.25, 0.3) is 0 Å². The van der Waals surface area contributed by atoms with E-state index in [4.69, 9.17) is 0 Å². The Labute approximate surface area is 183 Å². The number of hydrogen-bond donors (Lipinski definition) is 1. The molecule has 0 amide bonds. The number of ether oxygens (including phenoxy) is 1. The summed E-state index contributed by atoms with van der Waals surface area (Å²) in [6.07, 6.45) is -4.68. The number of rotatable bonds is 4. The molecule has 156 valence electrons. The highest BCUT2D eigenvalue weighted by Gasteiger charge is 2.31. The Morgan fingerprint density at radius 3 is 2.18 bits per heavy atom. The molecule has 0 radical (unpaired) electrons. The Hall–Kier alpha value is -0.990. The number of nitrogens with zero attached hydrogens (tertiary/aromatic N) is 1. The van der Waals surface area contributed by atoms with Gasteiger partial charge < -0.3 is 10.1 Å². The van der Waals surface area contributed by atoms with Crippen molar-refractivity contribution in [2.24, 2.45) is 0 Å². The summed E-state index contributed by atoms with van der Waals surface area (Å²) in [6, 6.07) is 12.3. The Morgan fingerprint density at radius 2 is 1.64 bits per heavy atom. The molecule has 28 heavy (non-hydrogen) atoms. The summed E-state index contributed by atoms with van der Waals surface area (Å²) in [5, 5.41) is 3.33. The Bertz CT molecular complexity index is 754. The SMILES string of the molecule is Cc1ccc([C@@H](c2ccc(OC(F)(F)F)cc2)N2CCNCC2)c(Br)c1.Cl.Cl. The molecule has 1 aliphatic heterocycles. The summed E-state index contributed by atoms with van der Waals surface area (Å²) in [5.41, 5.74) is 3.18. The third kappa shape index (κ3) is 6.52. The topological polar surface area (TPSA) is 24.5 Å². The van der Waals surface area contributed by atoms with E-state index in [1.165, 1.54) is 12.1 Å². The maximum absolute atomic E-state index is 12.4. The molecule has 0 aliphatic carbocycles. The van der Waals surface area contributed by atoms with Crippen LogP contribution in [0.1, 0.15) is 22.7 Å². The van der Waals surface area contributed by atoms with Crippen LogP contribution in [0.15, 0.2) is 46.9 Å². The molecular formula is C19H22BrCl2F3N2O. The smallest absolute Gasteiger partial charge is 0.406 e. The van der Waals surface area contributed by atoms with Crippen LogP contribution in [-0.2, 0) is 0 Å². The highest BCUT2D eigenvalue weighted by Crippen LogP contribution is 2.35. The average molecular weight is 502 g/mol. The minimum absolute atomic E-state index is 0. The largest absolute Gasteiger partial charge is 0.573 e. The molecule has 2 aromatic carbocycles. The fraction of sp³-hybridized carbons (Fsp3) is 0.368. The van der Waals surface area contributed by atoms with Gasteiger partial charge in [-0.2, -0.15) is 0 Å². The number of benzene rings is 2. The van der Waals surface area contributed by atoms with Crippen LogP contribution in [0, 0.1) is 6.92 Å². The molecule has 0 spiro atoms. The molecule has 1 atom stereocenters. The van der Waals surface area contributed by atoms with Crippen LogP contribution in [0.3, 0.4) is 0 Å². The highest BCUT2D eigenvalue weighted by molar-refractivity contribution is 9.10. The molecule has 0 unspecified atom stereocenters. The van der Waals surface area contributed by atoms with Gasteiger partial charge in [0.1, 0.15) is 5.75 Å². The molecule has 0 aromatic heterocycles. The van der Waals surface area contributed by atoms with Crippen LogP contribution in [0.4, 0.5) is 13.2 Å². The van der Waals surface area contributed by atoms with Crippen LogP contribution < -0.4 is 10.1 Å². The minimum atomic E-state index is -4.68. The second kappa shape index (κ2) is 10.7. The molecule has 0 saturated carbocycles. The molecule has 0 bridgehead atoms. The van der Waals surface area contributed by atoms with Crippen molar-refractivity contribution < 1.29 is 17.9 Å². The lowest BCUT2D eigenvalue weighted by molar-refractivity contribution is -0.274. The van der Waals surface area contributed by atoms with Gasteiger partial charge in [0, 0.05) is 30.7 Å². The quantitative estimate of drug-likeness (QED) is 0.599. The van der Waals surface area contributed by atoms with Crippen LogP contribution in [0.5, 0.6) is 5.75 Å². The van der Waals surface area contributed by atoms with Crippen molar-refractivity contribution in [1.29, 1.82) is 0 Å². The van der Waals surface area contributed by atoms with Crippen molar-refractivity contribution in [2.45, 2.75) is 19.3 Å². The summed E-state index contributed by atoms with van der Waals surface area (Å²) in [6.45, 7) is 5.53. The normalized spacial score (nSPS) is 15.9. The van der Waals surface area contributed by atoms with Gasteiger partial charge in [-0.1, -0.05) is 40.2 Å². The Balaban J connectivity index is 0.00000196. The van der Waals surface area contributed by atoms with E-state index in [9.17, 15) is 13.2 Å². The van der Waals surface area contributed by atoms with Crippen LogP contribution in [-0.4, -0.2) is 37.4 Å². The fourth-order valence-electron chi connectivity index (χ4n) is 3.23. The van der Waals surface area contributed by atoms with Crippen molar-refractivity contribution in [2.75, 3.05) is 26.2 Å². The third-order valence-corrected chi connectivity index (χ3v) is 5.08. The van der Waals surface area contributed by atoms with Crippen LogP contribution in [0.25, 0.3) is 0 Å². The first-order valence-electron chi connectivity index (χ1n) is 8.40. The molecule has 9 heteroatoms. The second-order valence-electron chi connectivity index (χ2n) is 6.33. The number of piperazine rings is 1. The van der Waals surface area contributed by atoms with Gasteiger partial charge >= 0.3 is 6.36 Å². The number of aryl methyl sites for hydroxylation is 1. The maximum atomic E-state index is 12.4. The summed E-state index contributed by atoms with van der Waals surface area (Å²) in [5.74, 6) is -0.205. The van der Waals surface area contributed by atoms with E-state index in [1.807, 2.05) is 6.92 Å². The van der Waals surface area contributed by atoms with Crippen LogP contribution in [0.2, 0.25) is 0 Å². The monoisotopic (exact) mass is 500 g/mol. The van der Waals surface area contributed by atoms with E-state index in [0.29, 0.717) is 0 Å². The first-order valence-corrected chi connectivity index (χ1v) is 9.19. The molecule has 1 fully saturated rings. The predicted molar refractivity (Wildman–Crippen MR) is 113 cm³/mol. The first-order chi connectivity index (χ1) is 12.3. The lowest BCUT2D eigenvalue weighted by atomic mass is 9.95. The zero-order valence-corrected chi connectivity index (χ0v) is 18.4. The number of halogens is 6. The standard InChI is InChI=1S/C19H20BrF3N2O.2ClH/c1-13-2-7-16(17(20)12-13)18(25-10-8-24-9-11-25)14-3-5-15(6-4-14)26-19(21,22)23;;/h2-7,12,18,24H,8-11H2,1H3;2*1H/t18-;;/m1../s1. The van der Waals surface area contributed by atoms with Gasteiger partial charge in [-0.05, 0) is 41.8 Å². The molecule has 1 saturated heterocycles. The van der Waals surface area contributed by atoms with Gasteiger partial charge in [0.05, 0.1) is 6.04 Å². The average Bonchev–Trinajstić information content (AvgIpc) is 2.58. The van der Waals surface area contributed by atoms with Crippen LogP contribution >= 0.6 is 40.7 Å². The lowest BCUT2D eigenvalue weighted by Crippen LogP contribution is -2.45. The van der Waals surface area contributed by atoms with E-state index >= 15 is 0 Å². The lowest BCUT2D eigenvalue weighted by Gasteiger charge is -2.36. The molecule has 1 N–H and O–H groups in total. The molecule has 2 aromatic rings. The predicted octanol–water partition coefficient (Wildman–Crippen LogP) is 5.49. The first kappa shape index (κ1) is 25.0. The van der Waals surface area contributed by atoms with Crippen molar-refractivity contribution in [3.8, 4) is 5.75 Å². The summed E-state index contributed by atoms with van der Waals surface area (Å²) >= 11 is 3.65. The molecule has 3 nitrogen and oxygen atoms in total. The van der Waals surface area contributed by atoms with Crippen molar-refractivity contribution in [3.63, 3.8) is 0 Å². The van der Waals surface area contributed by atoms with Gasteiger partial charge in [-0.25, -0.2) is 0 Å². The number of nitrogens with one attached hydrogen (secondary N) is 1. The van der Waals surface area contributed by atoms with E-state index in [-0.39, 0.29) is 36.6 Å². The number of hydrogen-bond acceptors (Lipinski definition) is 3. The van der Waals surface area contributed by atoms with Crippen molar-refractivity contribution in [3.05, 3.63) is 63.6 Å². The molecule has 1 heterocycles. The van der Waals surface area contributed by atoms with Crippen molar-refractivity contribution >= 4 is 40.7 Å². The molecular weight excluding hydrogens is 480 g/mol. The summed E-state index contributed by atoms with van der Waals surface area (Å²) in [7, 11) is 0. The van der Waals surface area contributed by atoms with Gasteiger partial charge in [0.15, 0.2) is 0 Å². The molecule has 3 rings (SSSR count). The van der Waals surface area contributed by atoms with E-state index in [2.05, 4.69) is 49.1 Å². The van der Waals surface area contributed by atoms with Crippen molar-refractivity contribution in [1.82, 2.24) is 10.2 Å². The summed E-state index contributed by atoms with van der Waals surface area (Å²) < 4.78 is 42.2. The van der Waals surface area contributed by atoms with Gasteiger partial charge in [-0.3, -0.25) is 4.90 Å². The van der Waals surface area contributed by atoms with E-state index < -0.39 is 6.36 Å². The minimum Gasteiger partial charge on any atom is -0.406 e. The second-order valence-corrected chi connectivity index (χ2v) is 7.18. The zero-order valence-electron chi connectivity index (χ0n) is 15.1. The van der Waals surface area contributed by atoms with E-state index in [1.54, 1.807) is 12.1 Å². The number of alkyl halides is 3. The fourth-order valence-corrected chi connectivity index (χ4v) is 3.94. The van der Waals surface area contributed by atoms with E-state index in [0.717, 1.165) is 47.3 Å². The molecule has 1 aliphatic rings. The Morgan fingerprint density at radius 1 is 1.04 bits per heavy atom. The maximum Gasteiger partial charge on any atom is 0.573 e. The highest BCUT2D eigenvalue weighted by atomic mass is 79.9. The summed E-state index contributed by atoms with van der Waals surface area (Å²) in [4.78, 5) is 2.34. The van der Waals surface area contributed by atoms with Gasteiger partial charge in [0.2, 0.25) is 0 Å². The third-order valence-electron chi connectivity index (χ3n) is 4.40.